The number of anilines is 1. The van der Waals surface area contributed by atoms with Gasteiger partial charge in [0.05, 0.1) is 17.6 Å². The molecule has 0 atom stereocenters. The van der Waals surface area contributed by atoms with E-state index in [1.165, 1.54) is 11.6 Å². The zero-order valence-corrected chi connectivity index (χ0v) is 11.5. The van der Waals surface area contributed by atoms with E-state index in [-0.39, 0.29) is 5.82 Å². The Kier molecular flexibility index (Phi) is 2.93. The number of halogens is 1. The van der Waals surface area contributed by atoms with Crippen LogP contribution in [-0.2, 0) is 6.54 Å². The summed E-state index contributed by atoms with van der Waals surface area (Å²) in [5, 5.41) is 0. The number of hydrogen-bond acceptors (Lipinski definition) is 2. The average Bonchev–Trinajstić information content (AvgIpc) is 2.67. The van der Waals surface area contributed by atoms with Crippen LogP contribution in [0.3, 0.4) is 0 Å². The first-order valence-electron chi connectivity index (χ1n) is 6.52. The maximum atomic E-state index is 13.6. The highest BCUT2D eigenvalue weighted by atomic mass is 19.1. The fourth-order valence-electron chi connectivity index (χ4n) is 2.43. The van der Waals surface area contributed by atoms with Crippen LogP contribution in [-0.4, -0.2) is 9.55 Å². The van der Waals surface area contributed by atoms with Gasteiger partial charge in [0.1, 0.15) is 5.82 Å². The van der Waals surface area contributed by atoms with E-state index in [2.05, 4.69) is 30.1 Å². The lowest BCUT2D eigenvalue weighted by molar-refractivity contribution is 0.620. The van der Waals surface area contributed by atoms with E-state index in [4.69, 9.17) is 5.73 Å². The summed E-state index contributed by atoms with van der Waals surface area (Å²) < 4.78 is 15.5. The van der Waals surface area contributed by atoms with Gasteiger partial charge in [0.25, 0.3) is 0 Å². The van der Waals surface area contributed by atoms with Gasteiger partial charge in [-0.2, -0.15) is 0 Å². The predicted octanol–water partition coefficient (Wildman–Crippen LogP) is 3.42. The molecule has 0 spiro atoms. The summed E-state index contributed by atoms with van der Waals surface area (Å²) >= 11 is 0. The Morgan fingerprint density at radius 2 is 2.00 bits per heavy atom. The first-order chi connectivity index (χ1) is 9.54. The van der Waals surface area contributed by atoms with Crippen molar-refractivity contribution in [2.24, 2.45) is 0 Å². The van der Waals surface area contributed by atoms with Crippen molar-refractivity contribution in [1.29, 1.82) is 0 Å². The Hall–Kier alpha value is -2.36. The lowest BCUT2D eigenvalue weighted by Crippen LogP contribution is -2.04. The van der Waals surface area contributed by atoms with E-state index < -0.39 is 0 Å². The van der Waals surface area contributed by atoms with Crippen molar-refractivity contribution in [1.82, 2.24) is 9.55 Å². The molecule has 3 rings (SSSR count). The molecule has 1 aromatic heterocycles. The SMILES string of the molecule is Cc1cccc(Cn2c(N)nc3cc(F)c(C)cc32)c1. The number of imidazole rings is 1. The Balaban J connectivity index is 2.11. The normalized spacial score (nSPS) is 11.2. The van der Waals surface area contributed by atoms with Crippen molar-refractivity contribution in [3.63, 3.8) is 0 Å². The Bertz CT molecular complexity index is 790. The molecule has 2 N–H and O–H groups in total. The molecule has 4 heteroatoms. The number of hydrogen-bond donors (Lipinski definition) is 1. The molecular weight excluding hydrogens is 253 g/mol. The van der Waals surface area contributed by atoms with Gasteiger partial charge in [-0.15, -0.1) is 0 Å². The summed E-state index contributed by atoms with van der Waals surface area (Å²) in [6.45, 7) is 4.43. The highest BCUT2D eigenvalue weighted by Crippen LogP contribution is 2.22. The fraction of sp³-hybridized carbons (Fsp3) is 0.188. The second-order valence-corrected chi connectivity index (χ2v) is 5.14. The zero-order chi connectivity index (χ0) is 14.3. The summed E-state index contributed by atoms with van der Waals surface area (Å²) in [5.41, 5.74) is 10.4. The van der Waals surface area contributed by atoms with E-state index in [9.17, 15) is 4.39 Å². The van der Waals surface area contributed by atoms with Gasteiger partial charge in [0, 0.05) is 6.07 Å². The second-order valence-electron chi connectivity index (χ2n) is 5.14. The van der Waals surface area contributed by atoms with Crippen molar-refractivity contribution < 1.29 is 4.39 Å². The molecule has 102 valence electrons. The molecule has 3 aromatic rings. The molecular formula is C16H16FN3. The van der Waals surface area contributed by atoms with Crippen LogP contribution in [0.25, 0.3) is 11.0 Å². The van der Waals surface area contributed by atoms with Crippen LogP contribution in [0.15, 0.2) is 36.4 Å². The number of nitrogens with two attached hydrogens (primary N) is 1. The maximum Gasteiger partial charge on any atom is 0.201 e. The minimum absolute atomic E-state index is 0.252. The van der Waals surface area contributed by atoms with Crippen molar-refractivity contribution >= 4 is 17.0 Å². The molecule has 0 fully saturated rings. The Morgan fingerprint density at radius 1 is 1.20 bits per heavy atom. The molecule has 0 aliphatic heterocycles. The molecule has 20 heavy (non-hydrogen) atoms. The minimum atomic E-state index is -0.252. The molecule has 1 heterocycles. The molecule has 0 radical (unpaired) electrons. The van der Waals surface area contributed by atoms with Crippen LogP contribution in [0.1, 0.15) is 16.7 Å². The molecule has 0 aliphatic rings. The zero-order valence-electron chi connectivity index (χ0n) is 11.5. The number of nitrogens with zero attached hydrogens (tertiary/aromatic N) is 2. The summed E-state index contributed by atoms with van der Waals surface area (Å²) in [6.07, 6.45) is 0. The molecule has 0 unspecified atom stereocenters. The van der Waals surface area contributed by atoms with Crippen molar-refractivity contribution in [3.8, 4) is 0 Å². The van der Waals surface area contributed by atoms with Crippen molar-refractivity contribution in [2.75, 3.05) is 5.73 Å². The molecule has 0 saturated heterocycles. The van der Waals surface area contributed by atoms with Gasteiger partial charge >= 0.3 is 0 Å². The van der Waals surface area contributed by atoms with Crippen LogP contribution >= 0.6 is 0 Å². The second kappa shape index (κ2) is 4.63. The topological polar surface area (TPSA) is 43.8 Å². The third-order valence-electron chi connectivity index (χ3n) is 3.48. The minimum Gasteiger partial charge on any atom is -0.369 e. The first-order valence-corrected chi connectivity index (χ1v) is 6.52. The molecule has 3 nitrogen and oxygen atoms in total. The van der Waals surface area contributed by atoms with E-state index in [1.54, 1.807) is 13.0 Å². The third kappa shape index (κ3) is 2.13. The smallest absolute Gasteiger partial charge is 0.201 e. The number of rotatable bonds is 2. The highest BCUT2D eigenvalue weighted by molar-refractivity contribution is 5.79. The van der Waals surface area contributed by atoms with Gasteiger partial charge in [0.2, 0.25) is 5.95 Å². The third-order valence-corrected chi connectivity index (χ3v) is 3.48. The number of aromatic nitrogens is 2. The van der Waals surface area contributed by atoms with Crippen molar-refractivity contribution in [2.45, 2.75) is 20.4 Å². The quantitative estimate of drug-likeness (QED) is 0.774. The summed E-state index contributed by atoms with van der Waals surface area (Å²) in [6, 6.07) is 11.5. The van der Waals surface area contributed by atoms with E-state index >= 15 is 0 Å². The van der Waals surface area contributed by atoms with Crippen LogP contribution in [0, 0.1) is 19.7 Å². The van der Waals surface area contributed by atoms with Crippen LogP contribution < -0.4 is 5.73 Å². The Morgan fingerprint density at radius 3 is 2.75 bits per heavy atom. The van der Waals surface area contributed by atoms with Crippen LogP contribution in [0.2, 0.25) is 0 Å². The summed E-state index contributed by atoms with van der Waals surface area (Å²) in [7, 11) is 0. The van der Waals surface area contributed by atoms with E-state index in [0.717, 1.165) is 11.1 Å². The standard InChI is InChI=1S/C16H16FN3/c1-10-4-3-5-12(6-10)9-20-15-7-11(2)13(17)8-14(15)19-16(20)18/h3-8H,9H2,1-2H3,(H2,18,19). The predicted molar refractivity (Wildman–Crippen MR) is 79.1 cm³/mol. The van der Waals surface area contributed by atoms with Gasteiger partial charge in [-0.05, 0) is 31.0 Å². The van der Waals surface area contributed by atoms with Gasteiger partial charge in [-0.25, -0.2) is 9.37 Å². The lowest BCUT2D eigenvalue weighted by atomic mass is 10.1. The number of aryl methyl sites for hydroxylation is 2. The van der Waals surface area contributed by atoms with Crippen molar-refractivity contribution in [3.05, 3.63) is 58.9 Å². The monoisotopic (exact) mass is 269 g/mol. The molecule has 2 aromatic carbocycles. The summed E-state index contributed by atoms with van der Waals surface area (Å²) in [5.74, 6) is 0.157. The van der Waals surface area contributed by atoms with Crippen LogP contribution in [0.5, 0.6) is 0 Å². The van der Waals surface area contributed by atoms with Gasteiger partial charge in [-0.1, -0.05) is 29.8 Å². The molecule has 0 saturated carbocycles. The van der Waals surface area contributed by atoms with E-state index in [0.29, 0.717) is 23.6 Å². The van der Waals surface area contributed by atoms with Gasteiger partial charge in [-0.3, -0.25) is 0 Å². The number of fused-ring (bicyclic) bond motifs is 1. The fourth-order valence-corrected chi connectivity index (χ4v) is 2.43. The lowest BCUT2D eigenvalue weighted by Gasteiger charge is -2.08. The van der Waals surface area contributed by atoms with Crippen LogP contribution in [0.4, 0.5) is 10.3 Å². The molecule has 0 bridgehead atoms. The highest BCUT2D eigenvalue weighted by Gasteiger charge is 2.11. The van der Waals surface area contributed by atoms with Gasteiger partial charge in [0.15, 0.2) is 0 Å². The first kappa shape index (κ1) is 12.7. The average molecular weight is 269 g/mol. The molecule has 0 aliphatic carbocycles. The summed E-state index contributed by atoms with van der Waals surface area (Å²) in [4.78, 5) is 4.23. The molecule has 0 amide bonds. The van der Waals surface area contributed by atoms with E-state index in [1.807, 2.05) is 10.6 Å². The Labute approximate surface area is 116 Å². The number of nitrogen functional groups attached to an aromatic ring is 1. The maximum absolute atomic E-state index is 13.6. The number of benzene rings is 2. The van der Waals surface area contributed by atoms with Gasteiger partial charge < -0.3 is 10.3 Å². The largest absolute Gasteiger partial charge is 0.369 e.